The van der Waals surface area contributed by atoms with Crippen LogP contribution < -0.4 is 9.47 Å². The fourth-order valence-electron chi connectivity index (χ4n) is 5.55. The van der Waals surface area contributed by atoms with Gasteiger partial charge in [0.15, 0.2) is 0 Å². The molecule has 0 saturated carbocycles. The monoisotopic (exact) mass is 578 g/mol. The van der Waals surface area contributed by atoms with Gasteiger partial charge in [0.25, 0.3) is 0 Å². The number of benzene rings is 5. The second-order valence-electron chi connectivity index (χ2n) is 10.5. The minimum atomic E-state index is -0.573. The molecule has 0 aromatic heterocycles. The lowest BCUT2D eigenvalue weighted by atomic mass is 9.95. The van der Waals surface area contributed by atoms with E-state index in [-0.39, 0.29) is 11.1 Å². The molecule has 0 heterocycles. The quantitative estimate of drug-likeness (QED) is 0.0841. The number of ether oxygens (including phenoxy) is 2. The predicted octanol–water partition coefficient (Wildman–Crippen LogP) is 9.35. The molecular formula is C40H34O4. The van der Waals surface area contributed by atoms with Gasteiger partial charge >= 0.3 is 11.9 Å². The van der Waals surface area contributed by atoms with Crippen LogP contribution in [-0.2, 0) is 25.7 Å². The minimum Gasteiger partial charge on any atom is -0.422 e. The molecule has 0 unspecified atom stereocenters. The van der Waals surface area contributed by atoms with Gasteiger partial charge in [-0.2, -0.15) is 0 Å². The smallest absolute Gasteiger partial charge is 0.343 e. The number of fused-ring (bicyclic) bond motifs is 2. The van der Waals surface area contributed by atoms with Crippen LogP contribution in [0.1, 0.15) is 43.0 Å². The van der Waals surface area contributed by atoms with Gasteiger partial charge in [0, 0.05) is 21.9 Å². The second kappa shape index (κ2) is 13.7. The summed E-state index contributed by atoms with van der Waals surface area (Å²) in [7, 11) is 0. The van der Waals surface area contributed by atoms with Crippen molar-refractivity contribution in [3.05, 3.63) is 169 Å². The van der Waals surface area contributed by atoms with Crippen LogP contribution in [0.5, 0.6) is 11.5 Å². The molecule has 0 atom stereocenters. The molecule has 5 rings (SSSR count). The first kappa shape index (κ1) is 30.0. The van der Waals surface area contributed by atoms with Crippen LogP contribution >= 0.6 is 0 Å². The lowest BCUT2D eigenvalue weighted by molar-refractivity contribution is 0.0735. The van der Waals surface area contributed by atoms with E-state index in [1.54, 1.807) is 30.4 Å². The van der Waals surface area contributed by atoms with Crippen LogP contribution in [0.15, 0.2) is 136 Å². The zero-order valence-electron chi connectivity index (χ0n) is 24.7. The van der Waals surface area contributed by atoms with E-state index in [1.165, 1.54) is 6.07 Å². The molecule has 5 aromatic rings. The first-order valence-electron chi connectivity index (χ1n) is 14.5. The summed E-state index contributed by atoms with van der Waals surface area (Å²) < 4.78 is 12.2. The number of hydrogen-bond donors (Lipinski definition) is 0. The predicted molar refractivity (Wildman–Crippen MR) is 180 cm³/mol. The Morgan fingerprint density at radius 1 is 0.523 bits per heavy atom. The highest BCUT2D eigenvalue weighted by Crippen LogP contribution is 2.36. The van der Waals surface area contributed by atoms with Gasteiger partial charge in [-0.15, -0.1) is 26.3 Å². The molecule has 4 nitrogen and oxygen atoms in total. The zero-order valence-corrected chi connectivity index (χ0v) is 24.7. The number of allylic oxidation sites excluding steroid dienone is 4. The minimum absolute atomic E-state index is 0.235. The molecule has 0 aliphatic heterocycles. The maximum Gasteiger partial charge on any atom is 0.343 e. The lowest BCUT2D eigenvalue weighted by Gasteiger charge is -2.17. The molecule has 0 spiro atoms. The Labute approximate surface area is 258 Å². The Kier molecular flexibility index (Phi) is 9.31. The molecule has 218 valence electrons. The van der Waals surface area contributed by atoms with Crippen LogP contribution in [-0.4, -0.2) is 11.9 Å². The van der Waals surface area contributed by atoms with Crippen LogP contribution in [0.2, 0.25) is 0 Å². The number of carbonyl (C=O) groups is 2. The van der Waals surface area contributed by atoms with Crippen molar-refractivity contribution in [3.63, 3.8) is 0 Å². The van der Waals surface area contributed by atoms with Crippen molar-refractivity contribution < 1.29 is 19.1 Å². The molecule has 4 heteroatoms. The Balaban J connectivity index is 1.51. The number of esters is 2. The van der Waals surface area contributed by atoms with E-state index in [9.17, 15) is 9.59 Å². The Morgan fingerprint density at radius 3 is 1.34 bits per heavy atom. The highest BCUT2D eigenvalue weighted by Gasteiger charge is 2.21. The molecule has 0 fully saturated rings. The molecule has 44 heavy (non-hydrogen) atoms. The van der Waals surface area contributed by atoms with Crippen LogP contribution in [0.4, 0.5) is 0 Å². The maximum atomic E-state index is 13.6. The summed E-state index contributed by atoms with van der Waals surface area (Å²) in [4.78, 5) is 27.2. The standard InChI is InChI=1S/C40H34O4/c1-5-14-27-24-29-18-9-11-22-35(29)37(33(27)16-7-3)43-39(41)31-20-13-21-32(26-31)40(42)44-38-34(17-8-4)28(15-6-2)25-30-19-10-12-23-36(30)38/h5-13,18-26H,1-4,14-17H2. The molecule has 0 saturated heterocycles. The van der Waals surface area contributed by atoms with E-state index in [1.807, 2.05) is 60.7 Å². The van der Waals surface area contributed by atoms with Crippen molar-refractivity contribution in [2.24, 2.45) is 0 Å². The van der Waals surface area contributed by atoms with E-state index < -0.39 is 11.9 Å². The number of rotatable bonds is 12. The molecular weight excluding hydrogens is 544 g/mol. The first-order valence-corrected chi connectivity index (χ1v) is 14.5. The van der Waals surface area contributed by atoms with Crippen molar-refractivity contribution in [3.8, 4) is 11.5 Å². The van der Waals surface area contributed by atoms with Crippen molar-refractivity contribution in [2.45, 2.75) is 25.7 Å². The summed E-state index contributed by atoms with van der Waals surface area (Å²) in [5.74, 6) is -0.178. The average Bonchev–Trinajstić information content (AvgIpc) is 3.04. The van der Waals surface area contributed by atoms with Gasteiger partial charge in [0.05, 0.1) is 11.1 Å². The summed E-state index contributed by atoms with van der Waals surface area (Å²) in [6.07, 6.45) is 9.52. The zero-order chi connectivity index (χ0) is 31.1. The number of carbonyl (C=O) groups excluding carboxylic acids is 2. The lowest BCUT2D eigenvalue weighted by Crippen LogP contribution is -2.15. The van der Waals surface area contributed by atoms with Gasteiger partial charge in [0.1, 0.15) is 11.5 Å². The molecule has 0 aliphatic carbocycles. The molecule has 0 radical (unpaired) electrons. The molecule has 5 aromatic carbocycles. The molecule has 0 N–H and O–H groups in total. The van der Waals surface area contributed by atoms with E-state index in [0.717, 1.165) is 43.8 Å². The van der Waals surface area contributed by atoms with Gasteiger partial charge < -0.3 is 9.47 Å². The topological polar surface area (TPSA) is 52.6 Å². The molecule has 0 aliphatic rings. The van der Waals surface area contributed by atoms with Crippen molar-refractivity contribution >= 4 is 33.5 Å². The molecule has 0 bridgehead atoms. The second-order valence-corrected chi connectivity index (χ2v) is 10.5. The molecule has 0 amide bonds. The third-order valence-electron chi connectivity index (χ3n) is 7.54. The van der Waals surface area contributed by atoms with Crippen LogP contribution in [0.3, 0.4) is 0 Å². The summed E-state index contributed by atoms with van der Waals surface area (Å²) in [6.45, 7) is 15.6. The maximum absolute atomic E-state index is 13.6. The Hall–Kier alpha value is -5.48. The van der Waals surface area contributed by atoms with Crippen molar-refractivity contribution in [1.82, 2.24) is 0 Å². The van der Waals surface area contributed by atoms with Crippen molar-refractivity contribution in [2.75, 3.05) is 0 Å². The third kappa shape index (κ3) is 6.16. The first-order chi connectivity index (χ1) is 21.5. The van der Waals surface area contributed by atoms with E-state index in [0.29, 0.717) is 37.2 Å². The van der Waals surface area contributed by atoms with Gasteiger partial charge in [-0.3, -0.25) is 0 Å². The fourth-order valence-corrected chi connectivity index (χ4v) is 5.55. The number of hydrogen-bond acceptors (Lipinski definition) is 4. The SMILES string of the molecule is C=CCc1cc2ccccc2c(OC(=O)c2cccc(C(=O)Oc3c(CC=C)c(CC=C)cc4ccccc34)c2)c1CC=C. The van der Waals surface area contributed by atoms with Crippen LogP contribution in [0.25, 0.3) is 21.5 Å². The largest absolute Gasteiger partial charge is 0.422 e. The Morgan fingerprint density at radius 2 is 0.932 bits per heavy atom. The normalized spacial score (nSPS) is 10.7. The van der Waals surface area contributed by atoms with E-state index in [4.69, 9.17) is 9.47 Å². The highest BCUT2D eigenvalue weighted by atomic mass is 16.5. The van der Waals surface area contributed by atoms with Gasteiger partial charge in [-0.25, -0.2) is 9.59 Å². The Bertz CT molecular complexity index is 1790. The van der Waals surface area contributed by atoms with Crippen molar-refractivity contribution in [1.29, 1.82) is 0 Å². The van der Waals surface area contributed by atoms with Gasteiger partial charge in [-0.05, 0) is 65.8 Å². The van der Waals surface area contributed by atoms with E-state index >= 15 is 0 Å². The summed E-state index contributed by atoms with van der Waals surface area (Å²) in [6, 6.07) is 26.2. The van der Waals surface area contributed by atoms with E-state index in [2.05, 4.69) is 38.4 Å². The third-order valence-corrected chi connectivity index (χ3v) is 7.54. The fraction of sp³-hybridized carbons (Fsp3) is 0.100. The van der Waals surface area contributed by atoms with Gasteiger partial charge in [-0.1, -0.05) is 91.0 Å². The summed E-state index contributed by atoms with van der Waals surface area (Å²) >= 11 is 0. The highest BCUT2D eigenvalue weighted by molar-refractivity contribution is 6.01. The van der Waals surface area contributed by atoms with Gasteiger partial charge in [0.2, 0.25) is 0 Å². The van der Waals surface area contributed by atoms with Crippen LogP contribution in [0, 0.1) is 0 Å². The average molecular weight is 579 g/mol. The summed E-state index contributed by atoms with van der Waals surface area (Å²) in [5, 5.41) is 3.56. The summed E-state index contributed by atoms with van der Waals surface area (Å²) in [5.41, 5.74) is 4.25.